The molecule has 0 saturated heterocycles. The first-order chi connectivity index (χ1) is 8.70. The maximum Gasteiger partial charge on any atom is 0.405 e. The molecule has 1 aromatic rings. The zero-order valence-electron chi connectivity index (χ0n) is 10.3. The highest BCUT2D eigenvalue weighted by Crippen LogP contribution is 2.12. The fraction of sp³-hybridized carbons (Fsp3) is 0.500. The monoisotopic (exact) mass is 278 g/mol. The van der Waals surface area contributed by atoms with Gasteiger partial charge in [-0.15, -0.1) is 0 Å². The van der Waals surface area contributed by atoms with Gasteiger partial charge in [-0.05, 0) is 6.92 Å². The van der Waals surface area contributed by atoms with E-state index in [-0.39, 0.29) is 5.56 Å². The molecule has 1 rings (SSSR count). The molecule has 0 fully saturated rings. The summed E-state index contributed by atoms with van der Waals surface area (Å²) in [7, 11) is 1.32. The lowest BCUT2D eigenvalue weighted by Crippen LogP contribution is -2.41. The maximum absolute atomic E-state index is 11.9. The number of aromatic amines is 1. The molecular weight excluding hydrogens is 265 g/mol. The first kappa shape index (κ1) is 15.0. The second-order valence-electron chi connectivity index (χ2n) is 3.96. The van der Waals surface area contributed by atoms with Crippen molar-refractivity contribution in [2.24, 2.45) is 0 Å². The van der Waals surface area contributed by atoms with Gasteiger partial charge in [0.15, 0.2) is 0 Å². The summed E-state index contributed by atoms with van der Waals surface area (Å²) in [4.78, 5) is 24.1. The number of halogens is 3. The van der Waals surface area contributed by atoms with Crippen molar-refractivity contribution in [3.63, 3.8) is 0 Å². The van der Waals surface area contributed by atoms with Gasteiger partial charge in [0.05, 0.1) is 18.3 Å². The summed E-state index contributed by atoms with van der Waals surface area (Å²) in [6.07, 6.45) is -3.18. The normalized spacial score (nSPS) is 11.2. The molecule has 0 atom stereocenters. The highest BCUT2D eigenvalue weighted by Gasteiger charge is 2.28. The molecule has 2 amide bonds. The van der Waals surface area contributed by atoms with Crippen molar-refractivity contribution >= 4 is 11.8 Å². The van der Waals surface area contributed by atoms with E-state index in [1.807, 2.05) is 0 Å². The number of likely N-dealkylation sites (N-methyl/N-ethyl adjacent to an activating group) is 1. The van der Waals surface area contributed by atoms with Crippen molar-refractivity contribution in [3.05, 3.63) is 17.5 Å². The Bertz CT molecular complexity index is 470. The van der Waals surface area contributed by atoms with Gasteiger partial charge in [0.25, 0.3) is 5.91 Å². The van der Waals surface area contributed by atoms with Crippen molar-refractivity contribution in [1.29, 1.82) is 0 Å². The SMILES string of the molecule is Cc1[nH]ncc1C(=O)N(C)CC(=O)NCC(F)(F)F. The lowest BCUT2D eigenvalue weighted by Gasteiger charge is -2.16. The van der Waals surface area contributed by atoms with Gasteiger partial charge in [0, 0.05) is 12.7 Å². The van der Waals surface area contributed by atoms with E-state index in [4.69, 9.17) is 0 Å². The van der Waals surface area contributed by atoms with Crippen LogP contribution in [0.25, 0.3) is 0 Å². The molecule has 0 aliphatic carbocycles. The average Bonchev–Trinajstić information content (AvgIpc) is 2.71. The van der Waals surface area contributed by atoms with Crippen LogP contribution in [0.15, 0.2) is 6.20 Å². The highest BCUT2D eigenvalue weighted by molar-refractivity contribution is 5.96. The van der Waals surface area contributed by atoms with Gasteiger partial charge in [-0.3, -0.25) is 14.7 Å². The fourth-order valence-corrected chi connectivity index (χ4v) is 1.31. The number of amides is 2. The molecule has 0 radical (unpaired) electrons. The van der Waals surface area contributed by atoms with E-state index >= 15 is 0 Å². The molecule has 9 heteroatoms. The summed E-state index contributed by atoms with van der Waals surface area (Å²) >= 11 is 0. The van der Waals surface area contributed by atoms with Crippen LogP contribution in [0.5, 0.6) is 0 Å². The molecule has 6 nitrogen and oxygen atoms in total. The van der Waals surface area contributed by atoms with Gasteiger partial charge in [-0.2, -0.15) is 18.3 Å². The summed E-state index contributed by atoms with van der Waals surface area (Å²) < 4.78 is 35.6. The number of nitrogens with one attached hydrogen (secondary N) is 2. The summed E-state index contributed by atoms with van der Waals surface area (Å²) in [5.41, 5.74) is 0.790. The Morgan fingerprint density at radius 3 is 2.58 bits per heavy atom. The van der Waals surface area contributed by atoms with Crippen LogP contribution in [0, 0.1) is 6.92 Å². The fourth-order valence-electron chi connectivity index (χ4n) is 1.31. The van der Waals surface area contributed by atoms with Crippen molar-refractivity contribution in [3.8, 4) is 0 Å². The summed E-state index contributed by atoms with van der Waals surface area (Å²) in [5.74, 6) is -1.37. The van der Waals surface area contributed by atoms with Crippen molar-refractivity contribution in [1.82, 2.24) is 20.4 Å². The van der Waals surface area contributed by atoms with Crippen LogP contribution in [0.4, 0.5) is 13.2 Å². The Kier molecular flexibility index (Phi) is 4.52. The number of rotatable bonds is 4. The Labute approximate surface area is 107 Å². The van der Waals surface area contributed by atoms with Crippen LogP contribution in [0.1, 0.15) is 16.1 Å². The van der Waals surface area contributed by atoms with Crippen LogP contribution in [-0.2, 0) is 4.79 Å². The van der Waals surface area contributed by atoms with E-state index in [0.29, 0.717) is 5.69 Å². The van der Waals surface area contributed by atoms with E-state index in [9.17, 15) is 22.8 Å². The predicted molar refractivity (Wildman–Crippen MR) is 59.3 cm³/mol. The number of H-pyrrole nitrogens is 1. The Hall–Kier alpha value is -2.06. The van der Waals surface area contributed by atoms with Crippen LogP contribution < -0.4 is 5.32 Å². The number of aryl methyl sites for hydroxylation is 1. The number of alkyl halides is 3. The molecular formula is C10H13F3N4O2. The zero-order chi connectivity index (χ0) is 14.6. The first-order valence-corrected chi connectivity index (χ1v) is 5.29. The number of nitrogens with zero attached hydrogens (tertiary/aromatic N) is 2. The van der Waals surface area contributed by atoms with E-state index in [2.05, 4.69) is 10.2 Å². The Morgan fingerprint density at radius 2 is 2.11 bits per heavy atom. The van der Waals surface area contributed by atoms with Crippen molar-refractivity contribution in [2.75, 3.05) is 20.1 Å². The van der Waals surface area contributed by atoms with E-state index in [1.165, 1.54) is 13.2 Å². The van der Waals surface area contributed by atoms with Gasteiger partial charge in [-0.1, -0.05) is 0 Å². The number of carbonyl (C=O) groups excluding carboxylic acids is 2. The van der Waals surface area contributed by atoms with Crippen LogP contribution in [-0.4, -0.2) is 53.2 Å². The minimum absolute atomic E-state index is 0.270. The standard InChI is InChI=1S/C10H13F3N4O2/c1-6-7(3-15-16-6)9(19)17(2)4-8(18)14-5-10(11,12)13/h3H,4-5H2,1-2H3,(H,14,18)(H,15,16). The number of carbonyl (C=O) groups is 2. The summed E-state index contributed by atoms with van der Waals surface area (Å²) in [5, 5.41) is 7.89. The van der Waals surface area contributed by atoms with E-state index < -0.39 is 31.1 Å². The smallest absolute Gasteiger partial charge is 0.345 e. The molecule has 106 valence electrons. The van der Waals surface area contributed by atoms with Crippen LogP contribution in [0.3, 0.4) is 0 Å². The largest absolute Gasteiger partial charge is 0.405 e. The molecule has 0 spiro atoms. The van der Waals surface area contributed by atoms with Crippen molar-refractivity contribution < 1.29 is 22.8 Å². The Balaban J connectivity index is 2.51. The summed E-state index contributed by atoms with van der Waals surface area (Å²) in [6, 6.07) is 0. The second kappa shape index (κ2) is 5.72. The average molecular weight is 278 g/mol. The Morgan fingerprint density at radius 1 is 1.47 bits per heavy atom. The third-order valence-corrected chi connectivity index (χ3v) is 2.27. The molecule has 0 aliphatic rings. The third-order valence-electron chi connectivity index (χ3n) is 2.27. The summed E-state index contributed by atoms with van der Waals surface area (Å²) in [6.45, 7) is -0.254. The van der Waals surface area contributed by atoms with Crippen LogP contribution in [0.2, 0.25) is 0 Å². The maximum atomic E-state index is 11.9. The number of hydrogen-bond donors (Lipinski definition) is 2. The first-order valence-electron chi connectivity index (χ1n) is 5.29. The zero-order valence-corrected chi connectivity index (χ0v) is 10.3. The number of hydrogen-bond acceptors (Lipinski definition) is 3. The van der Waals surface area contributed by atoms with Gasteiger partial charge >= 0.3 is 6.18 Å². The van der Waals surface area contributed by atoms with Crippen molar-refractivity contribution in [2.45, 2.75) is 13.1 Å². The molecule has 2 N–H and O–H groups in total. The molecule has 0 unspecified atom stereocenters. The van der Waals surface area contributed by atoms with E-state index in [1.54, 1.807) is 12.2 Å². The van der Waals surface area contributed by atoms with Crippen LogP contribution >= 0.6 is 0 Å². The van der Waals surface area contributed by atoms with Gasteiger partial charge < -0.3 is 10.2 Å². The number of aromatic nitrogens is 2. The van der Waals surface area contributed by atoms with Gasteiger partial charge in [-0.25, -0.2) is 0 Å². The third kappa shape index (κ3) is 4.60. The molecule has 0 saturated carbocycles. The lowest BCUT2D eigenvalue weighted by atomic mass is 10.2. The second-order valence-corrected chi connectivity index (χ2v) is 3.96. The highest BCUT2D eigenvalue weighted by atomic mass is 19.4. The molecule has 0 aromatic carbocycles. The van der Waals surface area contributed by atoms with Gasteiger partial charge in [0.1, 0.15) is 6.54 Å². The predicted octanol–water partition coefficient (Wildman–Crippen LogP) is 0.469. The van der Waals surface area contributed by atoms with E-state index in [0.717, 1.165) is 4.90 Å². The minimum Gasteiger partial charge on any atom is -0.345 e. The molecule has 1 aromatic heterocycles. The topological polar surface area (TPSA) is 78.1 Å². The van der Waals surface area contributed by atoms with Gasteiger partial charge in [0.2, 0.25) is 5.91 Å². The lowest BCUT2D eigenvalue weighted by molar-refractivity contribution is -0.138. The molecule has 0 aliphatic heterocycles. The molecule has 1 heterocycles. The molecule has 0 bridgehead atoms. The minimum atomic E-state index is -4.47. The molecule has 19 heavy (non-hydrogen) atoms. The quantitative estimate of drug-likeness (QED) is 0.840.